The van der Waals surface area contributed by atoms with Gasteiger partial charge in [0.1, 0.15) is 0 Å². The van der Waals surface area contributed by atoms with Crippen LogP contribution in [0.5, 0.6) is 0 Å². The fourth-order valence-corrected chi connectivity index (χ4v) is 1.40. The van der Waals surface area contributed by atoms with Gasteiger partial charge in [-0.05, 0) is 26.4 Å². The molecule has 0 aromatic rings. The Hall–Kier alpha value is -0.610. The predicted molar refractivity (Wildman–Crippen MR) is 68.6 cm³/mol. The molecule has 2 N–H and O–H groups in total. The van der Waals surface area contributed by atoms with E-state index in [1.165, 1.54) is 0 Å². The van der Waals surface area contributed by atoms with Gasteiger partial charge in [0.2, 0.25) is 5.91 Å². The minimum atomic E-state index is 0.104. The summed E-state index contributed by atoms with van der Waals surface area (Å²) in [6, 6.07) is 0.326. The Kier molecular flexibility index (Phi) is 9.24. The van der Waals surface area contributed by atoms with E-state index in [1.54, 1.807) is 0 Å². The summed E-state index contributed by atoms with van der Waals surface area (Å²) in [6.07, 6.45) is 2.00. The minimum absolute atomic E-state index is 0.104. The van der Waals surface area contributed by atoms with Crippen LogP contribution < -0.4 is 10.6 Å². The molecule has 0 spiro atoms. The molecule has 0 aliphatic rings. The average Bonchev–Trinajstić information content (AvgIpc) is 2.31. The average molecular weight is 229 g/mol. The Balaban J connectivity index is 3.50. The van der Waals surface area contributed by atoms with Gasteiger partial charge < -0.3 is 15.5 Å². The van der Waals surface area contributed by atoms with Gasteiger partial charge in [0, 0.05) is 19.1 Å². The summed E-state index contributed by atoms with van der Waals surface area (Å²) in [4.78, 5) is 13.7. The largest absolute Gasteiger partial charge is 0.352 e. The topological polar surface area (TPSA) is 44.4 Å². The van der Waals surface area contributed by atoms with E-state index < -0.39 is 0 Å². The molecule has 4 heteroatoms. The van der Waals surface area contributed by atoms with Crippen molar-refractivity contribution in [3.63, 3.8) is 0 Å². The summed E-state index contributed by atoms with van der Waals surface area (Å²) in [5.74, 6) is 0.104. The van der Waals surface area contributed by atoms with Crippen molar-refractivity contribution in [2.75, 3.05) is 33.2 Å². The maximum Gasteiger partial charge on any atom is 0.234 e. The third-order valence-electron chi connectivity index (χ3n) is 2.85. The summed E-state index contributed by atoms with van der Waals surface area (Å²) < 4.78 is 0. The molecule has 0 aromatic carbocycles. The van der Waals surface area contributed by atoms with Gasteiger partial charge in [-0.2, -0.15) is 0 Å². The SMILES string of the molecule is CCC(CC)NC(=O)CNCCN(C)CC. The first kappa shape index (κ1) is 15.4. The van der Waals surface area contributed by atoms with Crippen molar-refractivity contribution in [1.29, 1.82) is 0 Å². The highest BCUT2D eigenvalue weighted by molar-refractivity contribution is 5.78. The molecule has 0 atom stereocenters. The van der Waals surface area contributed by atoms with E-state index in [0.717, 1.165) is 32.5 Å². The molecule has 16 heavy (non-hydrogen) atoms. The van der Waals surface area contributed by atoms with Crippen molar-refractivity contribution in [2.45, 2.75) is 39.7 Å². The molecule has 0 aromatic heterocycles. The van der Waals surface area contributed by atoms with Gasteiger partial charge in [-0.15, -0.1) is 0 Å². The number of nitrogens with one attached hydrogen (secondary N) is 2. The molecule has 0 saturated carbocycles. The molecule has 0 aliphatic heterocycles. The molecule has 4 nitrogen and oxygen atoms in total. The molecule has 0 heterocycles. The van der Waals surface area contributed by atoms with Crippen LogP contribution in [0.2, 0.25) is 0 Å². The summed E-state index contributed by atoms with van der Waals surface area (Å²) in [5, 5.41) is 6.15. The van der Waals surface area contributed by atoms with E-state index in [9.17, 15) is 4.79 Å². The zero-order chi connectivity index (χ0) is 12.4. The van der Waals surface area contributed by atoms with Crippen molar-refractivity contribution >= 4 is 5.91 Å². The molecular formula is C12H27N3O. The molecule has 1 amide bonds. The second kappa shape index (κ2) is 9.60. The lowest BCUT2D eigenvalue weighted by Crippen LogP contribution is -2.41. The number of carbonyl (C=O) groups is 1. The van der Waals surface area contributed by atoms with Crippen LogP contribution in [-0.2, 0) is 4.79 Å². The Bertz CT molecular complexity index is 181. The van der Waals surface area contributed by atoms with Gasteiger partial charge in [0.25, 0.3) is 0 Å². The van der Waals surface area contributed by atoms with Crippen molar-refractivity contribution in [3.05, 3.63) is 0 Å². The van der Waals surface area contributed by atoms with Crippen molar-refractivity contribution in [1.82, 2.24) is 15.5 Å². The zero-order valence-corrected chi connectivity index (χ0v) is 11.2. The lowest BCUT2D eigenvalue weighted by atomic mass is 10.2. The summed E-state index contributed by atoms with van der Waals surface area (Å²) in [6.45, 7) is 9.63. The molecule has 0 radical (unpaired) electrons. The molecule has 0 unspecified atom stereocenters. The fraction of sp³-hybridized carbons (Fsp3) is 0.917. The Morgan fingerprint density at radius 2 is 1.88 bits per heavy atom. The maximum atomic E-state index is 11.5. The third kappa shape index (κ3) is 7.65. The highest BCUT2D eigenvalue weighted by Gasteiger charge is 2.07. The quantitative estimate of drug-likeness (QED) is 0.576. The number of carbonyl (C=O) groups excluding carboxylic acids is 1. The second-order valence-electron chi connectivity index (χ2n) is 4.15. The summed E-state index contributed by atoms with van der Waals surface area (Å²) in [5.41, 5.74) is 0. The van der Waals surface area contributed by atoms with Crippen LogP contribution in [0.1, 0.15) is 33.6 Å². The monoisotopic (exact) mass is 229 g/mol. The van der Waals surface area contributed by atoms with E-state index in [2.05, 4.69) is 43.4 Å². The highest BCUT2D eigenvalue weighted by atomic mass is 16.1. The van der Waals surface area contributed by atoms with Gasteiger partial charge in [-0.25, -0.2) is 0 Å². The van der Waals surface area contributed by atoms with Gasteiger partial charge >= 0.3 is 0 Å². The van der Waals surface area contributed by atoms with Crippen molar-refractivity contribution < 1.29 is 4.79 Å². The molecular weight excluding hydrogens is 202 g/mol. The normalized spacial score (nSPS) is 11.1. The van der Waals surface area contributed by atoms with Gasteiger partial charge in [0.15, 0.2) is 0 Å². The van der Waals surface area contributed by atoms with E-state index >= 15 is 0 Å². The standard InChI is InChI=1S/C12H27N3O/c1-5-11(6-2)14-12(16)10-13-8-9-15(4)7-3/h11,13H,5-10H2,1-4H3,(H,14,16). The minimum Gasteiger partial charge on any atom is -0.352 e. The number of likely N-dealkylation sites (N-methyl/N-ethyl adjacent to an activating group) is 1. The van der Waals surface area contributed by atoms with E-state index in [4.69, 9.17) is 0 Å². The van der Waals surface area contributed by atoms with E-state index in [1.807, 2.05) is 0 Å². The van der Waals surface area contributed by atoms with Gasteiger partial charge in [0.05, 0.1) is 6.54 Å². The molecule has 0 saturated heterocycles. The highest BCUT2D eigenvalue weighted by Crippen LogP contribution is 1.94. The molecule has 0 aliphatic carbocycles. The first-order valence-corrected chi connectivity index (χ1v) is 6.32. The molecule has 0 fully saturated rings. The van der Waals surface area contributed by atoms with Gasteiger partial charge in [-0.3, -0.25) is 4.79 Å². The second-order valence-corrected chi connectivity index (χ2v) is 4.15. The number of rotatable bonds is 9. The lowest BCUT2D eigenvalue weighted by Gasteiger charge is -2.16. The number of hydrogen-bond donors (Lipinski definition) is 2. The first-order chi connectivity index (χ1) is 7.63. The van der Waals surface area contributed by atoms with Crippen LogP contribution >= 0.6 is 0 Å². The van der Waals surface area contributed by atoms with Crippen molar-refractivity contribution in [2.24, 2.45) is 0 Å². The van der Waals surface area contributed by atoms with Crippen LogP contribution in [0.25, 0.3) is 0 Å². The third-order valence-corrected chi connectivity index (χ3v) is 2.85. The number of hydrogen-bond acceptors (Lipinski definition) is 3. The van der Waals surface area contributed by atoms with E-state index in [-0.39, 0.29) is 5.91 Å². The smallest absolute Gasteiger partial charge is 0.234 e. The predicted octanol–water partition coefficient (Wildman–Crippen LogP) is 0.833. The van der Waals surface area contributed by atoms with Crippen LogP contribution in [0.3, 0.4) is 0 Å². The van der Waals surface area contributed by atoms with Crippen LogP contribution in [-0.4, -0.2) is 50.1 Å². The van der Waals surface area contributed by atoms with Crippen LogP contribution in [0.4, 0.5) is 0 Å². The molecule has 0 bridgehead atoms. The summed E-state index contributed by atoms with van der Waals surface area (Å²) >= 11 is 0. The van der Waals surface area contributed by atoms with Crippen LogP contribution in [0.15, 0.2) is 0 Å². The van der Waals surface area contributed by atoms with Gasteiger partial charge in [-0.1, -0.05) is 20.8 Å². The Morgan fingerprint density at radius 1 is 1.25 bits per heavy atom. The lowest BCUT2D eigenvalue weighted by molar-refractivity contribution is -0.121. The number of nitrogens with zero attached hydrogens (tertiary/aromatic N) is 1. The summed E-state index contributed by atoms with van der Waals surface area (Å²) in [7, 11) is 2.08. The molecule has 0 rings (SSSR count). The van der Waals surface area contributed by atoms with Crippen molar-refractivity contribution in [3.8, 4) is 0 Å². The fourth-order valence-electron chi connectivity index (χ4n) is 1.40. The first-order valence-electron chi connectivity index (χ1n) is 6.32. The Labute approximate surface area is 99.8 Å². The van der Waals surface area contributed by atoms with E-state index in [0.29, 0.717) is 12.6 Å². The number of amides is 1. The Morgan fingerprint density at radius 3 is 2.38 bits per heavy atom. The molecule has 96 valence electrons. The van der Waals surface area contributed by atoms with Crippen LogP contribution in [0, 0.1) is 0 Å². The zero-order valence-electron chi connectivity index (χ0n) is 11.2. The maximum absolute atomic E-state index is 11.5.